The molecule has 0 atom stereocenters. The van der Waals surface area contributed by atoms with Gasteiger partial charge in [0, 0.05) is 55.8 Å². The summed E-state index contributed by atoms with van der Waals surface area (Å²) in [4.78, 5) is 31.3. The molecular weight excluding hydrogens is 374 g/mol. The van der Waals surface area contributed by atoms with E-state index in [0.717, 1.165) is 53.2 Å². The maximum absolute atomic E-state index is 12.7. The number of nitrogens with one attached hydrogen (secondary N) is 1. The summed E-state index contributed by atoms with van der Waals surface area (Å²) in [5.74, 6) is 0.584. The molecule has 3 aromatic heterocycles. The second kappa shape index (κ2) is 8.00. The third-order valence-electron chi connectivity index (χ3n) is 5.38. The van der Waals surface area contributed by atoms with Crippen molar-refractivity contribution in [3.8, 4) is 22.6 Å². The highest BCUT2D eigenvalue weighted by Crippen LogP contribution is 2.21. The van der Waals surface area contributed by atoms with E-state index in [9.17, 15) is 4.79 Å². The van der Waals surface area contributed by atoms with Crippen molar-refractivity contribution in [3.05, 3.63) is 100 Å². The number of pyridine rings is 2. The Bertz CT molecular complexity index is 1200. The summed E-state index contributed by atoms with van der Waals surface area (Å²) >= 11 is 0. The number of fused-ring (bicyclic) bond motifs is 1. The fourth-order valence-corrected chi connectivity index (χ4v) is 3.81. The van der Waals surface area contributed by atoms with E-state index in [1.165, 1.54) is 0 Å². The molecule has 0 aliphatic carbocycles. The van der Waals surface area contributed by atoms with Gasteiger partial charge >= 0.3 is 0 Å². The molecule has 0 radical (unpaired) electrons. The van der Waals surface area contributed by atoms with E-state index in [0.29, 0.717) is 12.4 Å². The number of nitrogens with zero attached hydrogens (tertiary/aromatic N) is 4. The number of aromatic amines is 1. The summed E-state index contributed by atoms with van der Waals surface area (Å²) in [5.41, 5.74) is 5.60. The van der Waals surface area contributed by atoms with Gasteiger partial charge in [0.15, 0.2) is 0 Å². The molecule has 0 saturated heterocycles. The first-order chi connectivity index (χ1) is 14.8. The van der Waals surface area contributed by atoms with Gasteiger partial charge < -0.3 is 4.98 Å². The highest BCUT2D eigenvalue weighted by Gasteiger charge is 2.21. The minimum absolute atomic E-state index is 0.0684. The lowest BCUT2D eigenvalue weighted by atomic mass is 10.1. The van der Waals surface area contributed by atoms with Crippen LogP contribution in [0.4, 0.5) is 0 Å². The quantitative estimate of drug-likeness (QED) is 0.573. The van der Waals surface area contributed by atoms with E-state index >= 15 is 0 Å². The lowest BCUT2D eigenvalue weighted by Gasteiger charge is -2.27. The fourth-order valence-electron chi connectivity index (χ4n) is 3.81. The Labute approximate surface area is 174 Å². The molecule has 1 aromatic carbocycles. The Morgan fingerprint density at radius 1 is 0.967 bits per heavy atom. The normalized spacial score (nSPS) is 13.7. The molecule has 4 heterocycles. The van der Waals surface area contributed by atoms with Crippen LogP contribution in [0.5, 0.6) is 0 Å². The molecule has 0 bridgehead atoms. The largest absolute Gasteiger partial charge is 0.306 e. The topological polar surface area (TPSA) is 74.8 Å². The number of hydrogen-bond donors (Lipinski definition) is 1. The minimum Gasteiger partial charge on any atom is -0.306 e. The Balaban J connectivity index is 1.32. The average molecular weight is 395 g/mol. The van der Waals surface area contributed by atoms with Crippen molar-refractivity contribution in [2.24, 2.45) is 0 Å². The monoisotopic (exact) mass is 395 g/mol. The molecule has 1 N–H and O–H groups in total. The van der Waals surface area contributed by atoms with Crippen LogP contribution in [0.3, 0.4) is 0 Å². The number of aromatic nitrogens is 4. The van der Waals surface area contributed by atoms with Gasteiger partial charge in [-0.2, -0.15) is 0 Å². The van der Waals surface area contributed by atoms with Gasteiger partial charge in [-0.15, -0.1) is 0 Å². The zero-order valence-electron chi connectivity index (χ0n) is 16.5. The molecule has 30 heavy (non-hydrogen) atoms. The molecular formula is C24H21N5O. The highest BCUT2D eigenvalue weighted by molar-refractivity contribution is 5.58. The Morgan fingerprint density at radius 2 is 1.83 bits per heavy atom. The van der Waals surface area contributed by atoms with Gasteiger partial charge in [-0.25, -0.2) is 4.98 Å². The number of rotatable bonds is 4. The third kappa shape index (κ3) is 3.77. The molecule has 0 saturated carbocycles. The highest BCUT2D eigenvalue weighted by atomic mass is 16.1. The van der Waals surface area contributed by atoms with Crippen LogP contribution in [0.15, 0.2) is 78.0 Å². The summed E-state index contributed by atoms with van der Waals surface area (Å²) < 4.78 is 0. The predicted molar refractivity (Wildman–Crippen MR) is 116 cm³/mol. The Morgan fingerprint density at radius 3 is 2.60 bits per heavy atom. The number of H-pyrrole nitrogens is 1. The van der Waals surface area contributed by atoms with Crippen LogP contribution >= 0.6 is 0 Å². The fraction of sp³-hybridized carbons (Fsp3) is 0.167. The first-order valence-electron chi connectivity index (χ1n) is 10.0. The number of hydrogen-bond acceptors (Lipinski definition) is 5. The molecule has 0 unspecified atom stereocenters. The Kier molecular flexibility index (Phi) is 4.91. The van der Waals surface area contributed by atoms with Gasteiger partial charge in [-0.3, -0.25) is 19.7 Å². The molecule has 1 aliphatic heterocycles. The molecule has 0 amide bonds. The van der Waals surface area contributed by atoms with Gasteiger partial charge in [0.25, 0.3) is 5.56 Å². The molecule has 0 fully saturated rings. The van der Waals surface area contributed by atoms with Crippen molar-refractivity contribution in [2.75, 3.05) is 6.54 Å². The standard InChI is InChI=1S/C24H21N5O/c30-24-20-16-29(12-10-22(20)27-23(28-24)19-7-4-11-25-14-19)15-17-8-9-21(26-13-17)18-5-2-1-3-6-18/h1-9,11,13-14H,10,12,15-16H2,(H,27,28,30). The van der Waals surface area contributed by atoms with Crippen LogP contribution < -0.4 is 5.56 Å². The maximum atomic E-state index is 12.7. The van der Waals surface area contributed by atoms with Crippen LogP contribution in [0, 0.1) is 0 Å². The molecule has 5 rings (SSSR count). The van der Waals surface area contributed by atoms with E-state index in [1.54, 1.807) is 12.4 Å². The van der Waals surface area contributed by atoms with Crippen molar-refractivity contribution in [3.63, 3.8) is 0 Å². The van der Waals surface area contributed by atoms with Crippen molar-refractivity contribution in [1.82, 2.24) is 24.8 Å². The van der Waals surface area contributed by atoms with Crippen molar-refractivity contribution in [2.45, 2.75) is 19.5 Å². The summed E-state index contributed by atoms with van der Waals surface area (Å²) in [6.07, 6.45) is 6.10. The summed E-state index contributed by atoms with van der Waals surface area (Å²) in [6.45, 7) is 2.20. The van der Waals surface area contributed by atoms with Crippen LogP contribution in [0.25, 0.3) is 22.6 Å². The van der Waals surface area contributed by atoms with Crippen molar-refractivity contribution >= 4 is 0 Å². The van der Waals surface area contributed by atoms with E-state index in [-0.39, 0.29) is 5.56 Å². The number of benzene rings is 1. The summed E-state index contributed by atoms with van der Waals surface area (Å²) in [5, 5.41) is 0. The van der Waals surface area contributed by atoms with Gasteiger partial charge in [0.2, 0.25) is 0 Å². The summed E-state index contributed by atoms with van der Waals surface area (Å²) in [6, 6.07) is 18.1. The van der Waals surface area contributed by atoms with E-state index in [4.69, 9.17) is 4.98 Å². The van der Waals surface area contributed by atoms with E-state index in [2.05, 4.69) is 44.1 Å². The van der Waals surface area contributed by atoms with Crippen molar-refractivity contribution in [1.29, 1.82) is 0 Å². The molecule has 4 aromatic rings. The third-order valence-corrected chi connectivity index (χ3v) is 5.38. The zero-order chi connectivity index (χ0) is 20.3. The van der Waals surface area contributed by atoms with Crippen LogP contribution in [0.1, 0.15) is 16.8 Å². The lowest BCUT2D eigenvalue weighted by Crippen LogP contribution is -2.35. The van der Waals surface area contributed by atoms with Gasteiger partial charge in [-0.05, 0) is 23.8 Å². The molecule has 6 nitrogen and oxygen atoms in total. The smallest absolute Gasteiger partial charge is 0.255 e. The molecule has 0 spiro atoms. The summed E-state index contributed by atoms with van der Waals surface area (Å²) in [7, 11) is 0. The second-order valence-electron chi connectivity index (χ2n) is 7.46. The molecule has 148 valence electrons. The van der Waals surface area contributed by atoms with Gasteiger partial charge in [0.1, 0.15) is 5.82 Å². The van der Waals surface area contributed by atoms with Gasteiger partial charge in [0.05, 0.1) is 17.0 Å². The van der Waals surface area contributed by atoms with Crippen LogP contribution in [0.2, 0.25) is 0 Å². The SMILES string of the molecule is O=c1[nH]c(-c2cccnc2)nc2c1CN(Cc1ccc(-c3ccccc3)nc1)CC2. The van der Waals surface area contributed by atoms with E-state index in [1.807, 2.05) is 36.5 Å². The maximum Gasteiger partial charge on any atom is 0.255 e. The first-order valence-corrected chi connectivity index (χ1v) is 10.0. The predicted octanol–water partition coefficient (Wildman–Crippen LogP) is 3.45. The zero-order valence-corrected chi connectivity index (χ0v) is 16.5. The minimum atomic E-state index is -0.0684. The van der Waals surface area contributed by atoms with Crippen molar-refractivity contribution < 1.29 is 0 Å². The lowest BCUT2D eigenvalue weighted by molar-refractivity contribution is 0.241. The average Bonchev–Trinajstić information content (AvgIpc) is 2.81. The van der Waals surface area contributed by atoms with Crippen LogP contribution in [-0.4, -0.2) is 31.4 Å². The molecule has 6 heteroatoms. The van der Waals surface area contributed by atoms with Gasteiger partial charge in [-0.1, -0.05) is 36.4 Å². The molecule has 1 aliphatic rings. The first kappa shape index (κ1) is 18.4. The second-order valence-corrected chi connectivity index (χ2v) is 7.46. The van der Waals surface area contributed by atoms with Crippen LogP contribution in [-0.2, 0) is 19.5 Å². The van der Waals surface area contributed by atoms with E-state index < -0.39 is 0 Å². The Hall–Kier alpha value is -3.64.